The number of ether oxygens (including phenoxy) is 1. The van der Waals surface area contributed by atoms with Gasteiger partial charge in [-0.05, 0) is 13.0 Å². The van der Waals surface area contributed by atoms with Crippen LogP contribution in [0.2, 0.25) is 0 Å². The number of anilines is 1. The van der Waals surface area contributed by atoms with E-state index in [-0.39, 0.29) is 5.75 Å². The third-order valence-corrected chi connectivity index (χ3v) is 2.55. The lowest BCUT2D eigenvalue weighted by Crippen LogP contribution is -2.05. The van der Waals surface area contributed by atoms with E-state index >= 15 is 0 Å². The summed E-state index contributed by atoms with van der Waals surface area (Å²) in [7, 11) is 0. The average Bonchev–Trinajstić information content (AvgIpc) is 2.39. The molecule has 98 valence electrons. The maximum absolute atomic E-state index is 12.3. The van der Waals surface area contributed by atoms with Crippen LogP contribution >= 0.6 is 0 Å². The number of aromatic nitrogens is 1. The molecule has 0 unspecified atom stereocenters. The molecule has 1 aromatic heterocycles. The molecule has 0 aliphatic carbocycles. The number of pyridine rings is 1. The minimum Gasteiger partial charge on any atom is -0.432 e. The molecule has 1 heterocycles. The molecule has 0 fully saturated rings. The number of fused-ring (bicyclic) bond motifs is 1. The summed E-state index contributed by atoms with van der Waals surface area (Å²) in [4.78, 5) is 4.03. The highest BCUT2D eigenvalue weighted by Crippen LogP contribution is 2.31. The van der Waals surface area contributed by atoms with E-state index in [9.17, 15) is 8.78 Å². The Bertz CT molecular complexity index is 638. The van der Waals surface area contributed by atoms with E-state index in [0.29, 0.717) is 28.7 Å². The topological polar surface area (TPSA) is 57.9 Å². The van der Waals surface area contributed by atoms with Crippen LogP contribution in [0.3, 0.4) is 0 Å². The number of hydrogen-bond acceptors (Lipinski definition) is 4. The summed E-state index contributed by atoms with van der Waals surface area (Å²) in [6.45, 7) is -0.425. The van der Waals surface area contributed by atoms with Crippen LogP contribution in [-0.2, 0) is 0 Å². The number of hydrogen-bond donors (Lipinski definition) is 1. The second-order valence-electron chi connectivity index (χ2n) is 3.72. The number of benzene rings is 1. The van der Waals surface area contributed by atoms with Crippen molar-refractivity contribution < 1.29 is 13.5 Å². The van der Waals surface area contributed by atoms with Crippen LogP contribution in [0, 0.1) is 11.3 Å². The van der Waals surface area contributed by atoms with Gasteiger partial charge in [-0.1, -0.05) is 12.1 Å². The first kappa shape index (κ1) is 13.0. The SMILES string of the molecule is CCNc1c(C#N)cnc2c(OC(F)F)cccc12. The van der Waals surface area contributed by atoms with Crippen molar-refractivity contribution in [3.8, 4) is 11.8 Å². The van der Waals surface area contributed by atoms with E-state index < -0.39 is 6.61 Å². The van der Waals surface area contributed by atoms with Crippen molar-refractivity contribution in [2.24, 2.45) is 0 Å². The zero-order valence-corrected chi connectivity index (χ0v) is 10.2. The van der Waals surface area contributed by atoms with Gasteiger partial charge in [0, 0.05) is 18.1 Å². The van der Waals surface area contributed by atoms with Crippen molar-refractivity contribution in [2.45, 2.75) is 13.5 Å². The van der Waals surface area contributed by atoms with Gasteiger partial charge in [-0.25, -0.2) is 0 Å². The van der Waals surface area contributed by atoms with Gasteiger partial charge in [-0.15, -0.1) is 0 Å². The van der Waals surface area contributed by atoms with Gasteiger partial charge in [0.2, 0.25) is 0 Å². The van der Waals surface area contributed by atoms with E-state index in [0.717, 1.165) is 0 Å². The van der Waals surface area contributed by atoms with Crippen molar-refractivity contribution in [3.63, 3.8) is 0 Å². The average molecular weight is 263 g/mol. The summed E-state index contributed by atoms with van der Waals surface area (Å²) in [5.41, 5.74) is 1.25. The number of nitrogens with zero attached hydrogens (tertiary/aromatic N) is 2. The highest BCUT2D eigenvalue weighted by molar-refractivity contribution is 5.97. The molecule has 2 rings (SSSR count). The second-order valence-corrected chi connectivity index (χ2v) is 3.72. The van der Waals surface area contributed by atoms with Crippen LogP contribution < -0.4 is 10.1 Å². The Morgan fingerprint density at radius 2 is 2.26 bits per heavy atom. The first-order valence-corrected chi connectivity index (χ1v) is 5.68. The molecular weight excluding hydrogens is 252 g/mol. The minimum absolute atomic E-state index is 0.00357. The zero-order chi connectivity index (χ0) is 13.8. The number of nitrogens with one attached hydrogen (secondary N) is 1. The van der Waals surface area contributed by atoms with Gasteiger partial charge in [-0.2, -0.15) is 14.0 Å². The Kier molecular flexibility index (Phi) is 3.76. The molecule has 0 aliphatic rings. The molecule has 0 bridgehead atoms. The summed E-state index contributed by atoms with van der Waals surface area (Å²) in [5.74, 6) is -0.00357. The lowest BCUT2D eigenvalue weighted by Gasteiger charge is -2.12. The first-order chi connectivity index (χ1) is 9.17. The molecule has 6 heteroatoms. The van der Waals surface area contributed by atoms with Gasteiger partial charge in [0.05, 0.1) is 11.3 Å². The molecule has 4 nitrogen and oxygen atoms in total. The molecule has 0 radical (unpaired) electrons. The molecule has 2 aromatic rings. The third-order valence-electron chi connectivity index (χ3n) is 2.55. The Hall–Kier alpha value is -2.42. The van der Waals surface area contributed by atoms with Gasteiger partial charge in [0.15, 0.2) is 5.75 Å². The predicted octanol–water partition coefficient (Wildman–Crippen LogP) is 3.14. The number of alkyl halides is 2. The Morgan fingerprint density at radius 3 is 2.89 bits per heavy atom. The van der Waals surface area contributed by atoms with Gasteiger partial charge < -0.3 is 10.1 Å². The van der Waals surface area contributed by atoms with Crippen molar-refractivity contribution in [1.29, 1.82) is 5.26 Å². The lowest BCUT2D eigenvalue weighted by atomic mass is 10.1. The highest BCUT2D eigenvalue weighted by atomic mass is 19.3. The molecule has 19 heavy (non-hydrogen) atoms. The van der Waals surface area contributed by atoms with E-state index in [1.54, 1.807) is 12.1 Å². The second kappa shape index (κ2) is 5.48. The van der Waals surface area contributed by atoms with E-state index in [4.69, 9.17) is 5.26 Å². The van der Waals surface area contributed by atoms with Crippen molar-refractivity contribution in [2.75, 3.05) is 11.9 Å². The summed E-state index contributed by atoms with van der Waals surface area (Å²) in [6, 6.07) is 6.73. The largest absolute Gasteiger partial charge is 0.432 e. The highest BCUT2D eigenvalue weighted by Gasteiger charge is 2.13. The Morgan fingerprint density at radius 1 is 1.47 bits per heavy atom. The monoisotopic (exact) mass is 263 g/mol. The molecule has 1 N–H and O–H groups in total. The molecular formula is C13H11F2N3O. The maximum atomic E-state index is 12.3. The number of para-hydroxylation sites is 1. The van der Waals surface area contributed by atoms with Gasteiger partial charge in [-0.3, -0.25) is 4.98 Å². The smallest absolute Gasteiger partial charge is 0.387 e. The van der Waals surface area contributed by atoms with Gasteiger partial charge in [0.25, 0.3) is 0 Å². The molecule has 1 aromatic carbocycles. The molecule has 0 amide bonds. The predicted molar refractivity (Wildman–Crippen MR) is 67.3 cm³/mol. The van der Waals surface area contributed by atoms with Gasteiger partial charge in [0.1, 0.15) is 11.6 Å². The fourth-order valence-corrected chi connectivity index (χ4v) is 1.84. The third kappa shape index (κ3) is 2.55. The van der Waals surface area contributed by atoms with Crippen LogP contribution in [0.4, 0.5) is 14.5 Å². The summed E-state index contributed by atoms with van der Waals surface area (Å²) in [5, 5.41) is 12.7. The molecule has 0 saturated heterocycles. The standard InChI is InChI=1S/C13H11F2N3O/c1-2-17-11-8(6-16)7-18-12-9(11)4-3-5-10(12)19-13(14)15/h3-5,7,13H,2H2,1H3,(H,17,18). The van der Waals surface area contributed by atoms with E-state index in [1.165, 1.54) is 12.3 Å². The summed E-state index contributed by atoms with van der Waals surface area (Å²) < 4.78 is 29.1. The van der Waals surface area contributed by atoms with Gasteiger partial charge >= 0.3 is 6.61 Å². The Labute approximate surface area is 108 Å². The van der Waals surface area contributed by atoms with Crippen LogP contribution in [-0.4, -0.2) is 18.1 Å². The van der Waals surface area contributed by atoms with Crippen LogP contribution in [0.5, 0.6) is 5.75 Å². The lowest BCUT2D eigenvalue weighted by molar-refractivity contribution is -0.0489. The van der Waals surface area contributed by atoms with Crippen molar-refractivity contribution in [1.82, 2.24) is 4.98 Å². The fourth-order valence-electron chi connectivity index (χ4n) is 1.84. The quantitative estimate of drug-likeness (QED) is 0.920. The molecule has 0 saturated carbocycles. The van der Waals surface area contributed by atoms with Crippen LogP contribution in [0.15, 0.2) is 24.4 Å². The van der Waals surface area contributed by atoms with Crippen LogP contribution in [0.1, 0.15) is 12.5 Å². The molecule has 0 atom stereocenters. The van der Waals surface area contributed by atoms with E-state index in [2.05, 4.69) is 15.0 Å². The maximum Gasteiger partial charge on any atom is 0.387 e. The summed E-state index contributed by atoms with van der Waals surface area (Å²) in [6.07, 6.45) is 1.35. The van der Waals surface area contributed by atoms with Crippen molar-refractivity contribution in [3.05, 3.63) is 30.0 Å². The normalized spacial score (nSPS) is 10.5. The van der Waals surface area contributed by atoms with Crippen molar-refractivity contribution >= 4 is 16.6 Å². The van der Waals surface area contributed by atoms with E-state index in [1.807, 2.05) is 13.0 Å². The fraction of sp³-hybridized carbons (Fsp3) is 0.231. The number of halogens is 2. The number of rotatable bonds is 4. The summed E-state index contributed by atoms with van der Waals surface area (Å²) >= 11 is 0. The first-order valence-electron chi connectivity index (χ1n) is 5.68. The number of nitriles is 1. The minimum atomic E-state index is -2.91. The molecule has 0 aliphatic heterocycles. The Balaban J connectivity index is 2.66. The zero-order valence-electron chi connectivity index (χ0n) is 10.2. The molecule has 0 spiro atoms. The van der Waals surface area contributed by atoms with Crippen LogP contribution in [0.25, 0.3) is 10.9 Å².